The van der Waals surface area contributed by atoms with Gasteiger partial charge in [-0.05, 0) is 36.8 Å². The van der Waals surface area contributed by atoms with Crippen LogP contribution in [-0.4, -0.2) is 31.0 Å². The van der Waals surface area contributed by atoms with Crippen molar-refractivity contribution < 1.29 is 9.84 Å². The summed E-state index contributed by atoms with van der Waals surface area (Å²) in [5.74, 6) is 1.27. The van der Waals surface area contributed by atoms with Gasteiger partial charge in [-0.2, -0.15) is 0 Å². The molecule has 3 unspecified atom stereocenters. The number of hydrogen-bond donors (Lipinski definition) is 2. The second kappa shape index (κ2) is 8.08. The summed E-state index contributed by atoms with van der Waals surface area (Å²) in [5, 5.41) is 13.1. The highest BCUT2D eigenvalue weighted by molar-refractivity contribution is 5.42. The van der Waals surface area contributed by atoms with E-state index in [1.165, 1.54) is 0 Å². The molecule has 3 heteroatoms. The fraction of sp³-hybridized carbons (Fsp3) is 0.529. The van der Waals surface area contributed by atoms with Crippen LogP contribution in [0.4, 0.5) is 5.69 Å². The minimum absolute atomic E-state index is 0.396. The number of rotatable bonds is 7. The van der Waals surface area contributed by atoms with E-state index in [0.717, 1.165) is 25.1 Å². The van der Waals surface area contributed by atoms with Crippen molar-refractivity contribution in [2.75, 3.05) is 25.1 Å². The van der Waals surface area contributed by atoms with Gasteiger partial charge in [0.05, 0.1) is 19.3 Å². The lowest BCUT2D eigenvalue weighted by Crippen LogP contribution is -2.27. The summed E-state index contributed by atoms with van der Waals surface area (Å²) in [4.78, 5) is 0. The Morgan fingerprint density at radius 2 is 2.00 bits per heavy atom. The van der Waals surface area contributed by atoms with E-state index >= 15 is 0 Å². The molecule has 0 radical (unpaired) electrons. The predicted molar refractivity (Wildman–Crippen MR) is 82.8 cm³/mol. The van der Waals surface area contributed by atoms with Crippen LogP contribution in [0, 0.1) is 11.8 Å². The molecule has 0 heterocycles. The van der Waals surface area contributed by atoms with E-state index in [9.17, 15) is 5.11 Å². The lowest BCUT2D eigenvalue weighted by molar-refractivity contribution is 0.0175. The summed E-state index contributed by atoms with van der Waals surface area (Å²) >= 11 is 0. The minimum Gasteiger partial charge on any atom is -0.389 e. The zero-order valence-corrected chi connectivity index (χ0v) is 12.2. The van der Waals surface area contributed by atoms with Crippen molar-refractivity contribution in [1.82, 2.24) is 0 Å². The normalized spacial score (nSPS) is 23.5. The van der Waals surface area contributed by atoms with Gasteiger partial charge < -0.3 is 15.2 Å². The first-order chi connectivity index (χ1) is 9.75. The molecule has 0 aliphatic heterocycles. The molecule has 3 nitrogen and oxygen atoms in total. The van der Waals surface area contributed by atoms with Crippen LogP contribution in [0.2, 0.25) is 0 Å². The van der Waals surface area contributed by atoms with Crippen LogP contribution in [0.3, 0.4) is 0 Å². The Hall–Kier alpha value is -1.32. The van der Waals surface area contributed by atoms with Gasteiger partial charge in [0, 0.05) is 12.2 Å². The van der Waals surface area contributed by atoms with Gasteiger partial charge in [-0.3, -0.25) is 0 Å². The SMILES string of the molecule is CC1CC=CCC1COCC(O)CNc1ccccc1. The van der Waals surface area contributed by atoms with Crippen molar-refractivity contribution in [1.29, 1.82) is 0 Å². The molecule has 20 heavy (non-hydrogen) atoms. The molecule has 0 saturated carbocycles. The average molecular weight is 275 g/mol. The lowest BCUT2D eigenvalue weighted by Gasteiger charge is -2.25. The molecule has 0 spiro atoms. The number of hydrogen-bond acceptors (Lipinski definition) is 3. The van der Waals surface area contributed by atoms with Crippen molar-refractivity contribution in [2.24, 2.45) is 11.8 Å². The van der Waals surface area contributed by atoms with E-state index in [2.05, 4.69) is 24.4 Å². The van der Waals surface area contributed by atoms with Gasteiger partial charge in [0.1, 0.15) is 0 Å². The fourth-order valence-corrected chi connectivity index (χ4v) is 2.45. The quantitative estimate of drug-likeness (QED) is 0.751. The molecule has 0 bridgehead atoms. The topological polar surface area (TPSA) is 41.5 Å². The average Bonchev–Trinajstić information content (AvgIpc) is 2.48. The van der Waals surface area contributed by atoms with E-state index in [0.29, 0.717) is 25.0 Å². The Bertz CT molecular complexity index is 405. The van der Waals surface area contributed by atoms with E-state index in [1.54, 1.807) is 0 Å². The Kier molecular flexibility index (Phi) is 6.09. The lowest BCUT2D eigenvalue weighted by atomic mass is 9.85. The number of para-hydroxylation sites is 1. The third-order valence-corrected chi connectivity index (χ3v) is 3.88. The van der Waals surface area contributed by atoms with Crippen LogP contribution >= 0.6 is 0 Å². The number of anilines is 1. The summed E-state index contributed by atoms with van der Waals surface area (Å²) in [7, 11) is 0. The molecule has 0 aromatic heterocycles. The number of aliphatic hydroxyl groups excluding tert-OH is 1. The maximum absolute atomic E-state index is 9.90. The van der Waals surface area contributed by atoms with Gasteiger partial charge in [0.25, 0.3) is 0 Å². The number of ether oxygens (including phenoxy) is 1. The molecule has 1 aliphatic carbocycles. The molecule has 3 atom stereocenters. The van der Waals surface area contributed by atoms with E-state index in [1.807, 2.05) is 30.3 Å². The Morgan fingerprint density at radius 1 is 1.25 bits per heavy atom. The molecule has 1 aromatic rings. The molecule has 110 valence electrons. The Labute approximate surface area is 121 Å². The summed E-state index contributed by atoms with van der Waals surface area (Å²) in [5.41, 5.74) is 1.03. The zero-order valence-electron chi connectivity index (χ0n) is 12.2. The highest BCUT2D eigenvalue weighted by atomic mass is 16.5. The zero-order chi connectivity index (χ0) is 14.2. The minimum atomic E-state index is -0.468. The maximum atomic E-state index is 9.90. The van der Waals surface area contributed by atoms with E-state index < -0.39 is 6.10 Å². The number of aliphatic hydroxyl groups is 1. The van der Waals surface area contributed by atoms with Crippen molar-refractivity contribution in [3.63, 3.8) is 0 Å². The van der Waals surface area contributed by atoms with Crippen LogP contribution in [0.1, 0.15) is 19.8 Å². The second-order valence-electron chi connectivity index (χ2n) is 5.62. The Morgan fingerprint density at radius 3 is 2.75 bits per heavy atom. The maximum Gasteiger partial charge on any atom is 0.0945 e. The molecular formula is C17H25NO2. The monoisotopic (exact) mass is 275 g/mol. The summed E-state index contributed by atoms with van der Waals surface area (Å²) < 4.78 is 5.67. The third kappa shape index (κ3) is 4.99. The third-order valence-electron chi connectivity index (χ3n) is 3.88. The van der Waals surface area contributed by atoms with E-state index in [4.69, 9.17) is 4.74 Å². The summed E-state index contributed by atoms with van der Waals surface area (Å²) in [6.07, 6.45) is 6.26. The van der Waals surface area contributed by atoms with Gasteiger partial charge in [-0.25, -0.2) is 0 Å². The number of allylic oxidation sites excluding steroid dienone is 2. The largest absolute Gasteiger partial charge is 0.389 e. The predicted octanol–water partition coefficient (Wildman–Crippen LogP) is 3.08. The Balaban J connectivity index is 1.60. The van der Waals surface area contributed by atoms with Gasteiger partial charge in [-0.15, -0.1) is 0 Å². The molecule has 1 aromatic carbocycles. The van der Waals surface area contributed by atoms with Crippen molar-refractivity contribution in [2.45, 2.75) is 25.9 Å². The summed E-state index contributed by atoms with van der Waals surface area (Å²) in [6.45, 7) is 3.93. The first-order valence-corrected chi connectivity index (χ1v) is 7.45. The first kappa shape index (κ1) is 15.1. The second-order valence-corrected chi connectivity index (χ2v) is 5.62. The summed E-state index contributed by atoms with van der Waals surface area (Å²) in [6, 6.07) is 9.91. The van der Waals surface area contributed by atoms with E-state index in [-0.39, 0.29) is 0 Å². The fourth-order valence-electron chi connectivity index (χ4n) is 2.45. The van der Waals surface area contributed by atoms with Gasteiger partial charge in [0.2, 0.25) is 0 Å². The van der Waals surface area contributed by atoms with Crippen LogP contribution in [-0.2, 0) is 4.74 Å². The first-order valence-electron chi connectivity index (χ1n) is 7.45. The highest BCUT2D eigenvalue weighted by Crippen LogP contribution is 2.24. The van der Waals surface area contributed by atoms with Crippen molar-refractivity contribution in [3.8, 4) is 0 Å². The smallest absolute Gasteiger partial charge is 0.0945 e. The highest BCUT2D eigenvalue weighted by Gasteiger charge is 2.18. The van der Waals surface area contributed by atoms with Crippen LogP contribution in [0.5, 0.6) is 0 Å². The van der Waals surface area contributed by atoms with Crippen LogP contribution in [0.15, 0.2) is 42.5 Å². The molecular weight excluding hydrogens is 250 g/mol. The molecule has 2 N–H and O–H groups in total. The van der Waals surface area contributed by atoms with Gasteiger partial charge >= 0.3 is 0 Å². The van der Waals surface area contributed by atoms with Crippen molar-refractivity contribution in [3.05, 3.63) is 42.5 Å². The van der Waals surface area contributed by atoms with Crippen LogP contribution in [0.25, 0.3) is 0 Å². The number of nitrogens with one attached hydrogen (secondary N) is 1. The molecule has 1 aliphatic rings. The standard InChI is InChI=1S/C17H25NO2/c1-14-7-5-6-8-15(14)12-20-13-17(19)11-18-16-9-3-2-4-10-16/h2-6,9-10,14-15,17-19H,7-8,11-13H2,1H3. The van der Waals surface area contributed by atoms with Gasteiger partial charge in [-0.1, -0.05) is 37.3 Å². The van der Waals surface area contributed by atoms with Crippen LogP contribution < -0.4 is 5.32 Å². The molecule has 0 saturated heterocycles. The molecule has 0 amide bonds. The number of benzene rings is 1. The molecule has 0 fully saturated rings. The van der Waals surface area contributed by atoms with Gasteiger partial charge in [0.15, 0.2) is 0 Å². The van der Waals surface area contributed by atoms with Crippen molar-refractivity contribution >= 4 is 5.69 Å². The molecule has 2 rings (SSSR count).